The van der Waals surface area contributed by atoms with Crippen LogP contribution in [0.15, 0.2) is 18.2 Å². The maximum Gasteiger partial charge on any atom is 0.223 e. The minimum Gasteiger partial charge on any atom is -0.336 e. The van der Waals surface area contributed by atoms with Crippen LogP contribution < -0.4 is 5.73 Å². The minimum atomic E-state index is 0.158. The van der Waals surface area contributed by atoms with Gasteiger partial charge in [-0.2, -0.15) is 0 Å². The summed E-state index contributed by atoms with van der Waals surface area (Å²) >= 11 is 12.0. The van der Waals surface area contributed by atoms with Gasteiger partial charge in [-0.3, -0.25) is 4.79 Å². The molecule has 1 aromatic rings. The van der Waals surface area contributed by atoms with Crippen LogP contribution in [0.1, 0.15) is 51.5 Å². The fourth-order valence-electron chi connectivity index (χ4n) is 2.31. The third-order valence-corrected chi connectivity index (χ3v) is 4.36. The molecule has 0 aliphatic heterocycles. The molecule has 1 rings (SSSR count). The molecule has 0 aliphatic rings. The molecule has 0 fully saturated rings. The van der Waals surface area contributed by atoms with Gasteiger partial charge < -0.3 is 10.6 Å². The Labute approximate surface area is 143 Å². The summed E-state index contributed by atoms with van der Waals surface area (Å²) in [5.41, 5.74) is 6.47. The maximum absolute atomic E-state index is 12.4. The first kappa shape index (κ1) is 19.3. The molecule has 0 aliphatic carbocycles. The van der Waals surface area contributed by atoms with E-state index in [0.29, 0.717) is 23.0 Å². The van der Waals surface area contributed by atoms with Crippen molar-refractivity contribution in [3.8, 4) is 0 Å². The van der Waals surface area contributed by atoms with E-state index in [1.165, 1.54) is 0 Å². The van der Waals surface area contributed by atoms with Crippen LogP contribution in [-0.2, 0) is 11.3 Å². The molecule has 3 nitrogen and oxygen atoms in total. The second kappa shape index (κ2) is 10.1. The Hall–Kier alpha value is -0.770. The first-order chi connectivity index (χ1) is 10.5. The Balaban J connectivity index is 2.57. The van der Waals surface area contributed by atoms with Crippen molar-refractivity contribution in [1.82, 2.24) is 4.90 Å². The van der Waals surface area contributed by atoms with Gasteiger partial charge in [-0.15, -0.1) is 0 Å². The van der Waals surface area contributed by atoms with Crippen LogP contribution in [0.5, 0.6) is 0 Å². The number of hydrogen-bond acceptors (Lipinski definition) is 2. The van der Waals surface area contributed by atoms with Gasteiger partial charge in [0.15, 0.2) is 0 Å². The molecule has 0 atom stereocenters. The van der Waals surface area contributed by atoms with Crippen molar-refractivity contribution in [1.29, 1.82) is 0 Å². The van der Waals surface area contributed by atoms with Gasteiger partial charge in [0.05, 0.1) is 10.0 Å². The van der Waals surface area contributed by atoms with E-state index in [0.717, 1.165) is 37.8 Å². The molecule has 0 aromatic heterocycles. The second-order valence-electron chi connectivity index (χ2n) is 5.82. The van der Waals surface area contributed by atoms with Crippen molar-refractivity contribution in [2.45, 2.75) is 58.5 Å². The molecule has 0 unspecified atom stereocenters. The number of hydrogen-bond donors (Lipinski definition) is 1. The van der Waals surface area contributed by atoms with E-state index < -0.39 is 0 Å². The van der Waals surface area contributed by atoms with Crippen LogP contribution in [-0.4, -0.2) is 23.4 Å². The van der Waals surface area contributed by atoms with Gasteiger partial charge in [0.25, 0.3) is 0 Å². The molecule has 0 spiro atoms. The summed E-state index contributed by atoms with van der Waals surface area (Å²) in [6, 6.07) is 5.67. The number of carbonyl (C=O) groups is 1. The topological polar surface area (TPSA) is 46.3 Å². The van der Waals surface area contributed by atoms with Crippen molar-refractivity contribution in [3.63, 3.8) is 0 Å². The Morgan fingerprint density at radius 1 is 1.14 bits per heavy atom. The molecule has 0 heterocycles. The number of halogens is 2. The number of carbonyl (C=O) groups excluding carboxylic acids is 1. The highest BCUT2D eigenvalue weighted by Crippen LogP contribution is 2.24. The highest BCUT2D eigenvalue weighted by molar-refractivity contribution is 6.42. The van der Waals surface area contributed by atoms with Gasteiger partial charge in [-0.1, -0.05) is 42.1 Å². The zero-order chi connectivity index (χ0) is 16.5. The number of nitrogens with zero attached hydrogens (tertiary/aromatic N) is 1. The van der Waals surface area contributed by atoms with Crippen LogP contribution >= 0.6 is 23.2 Å². The molecule has 1 aromatic carbocycles. The molecule has 1 amide bonds. The summed E-state index contributed by atoms with van der Waals surface area (Å²) in [6.45, 7) is 5.35. The lowest BCUT2D eigenvalue weighted by Gasteiger charge is -2.27. The van der Waals surface area contributed by atoms with Gasteiger partial charge in [0, 0.05) is 19.0 Å². The van der Waals surface area contributed by atoms with Gasteiger partial charge in [0.2, 0.25) is 5.91 Å². The molecule has 124 valence electrons. The SMILES string of the molecule is CC(C)N(Cc1ccc(Cl)c(Cl)c1)C(=O)CCCCCCN. The summed E-state index contributed by atoms with van der Waals surface area (Å²) in [4.78, 5) is 14.3. The van der Waals surface area contributed by atoms with Crippen molar-refractivity contribution in [2.24, 2.45) is 5.73 Å². The summed E-state index contributed by atoms with van der Waals surface area (Å²) in [5.74, 6) is 0.189. The van der Waals surface area contributed by atoms with E-state index in [-0.39, 0.29) is 11.9 Å². The van der Waals surface area contributed by atoms with Crippen LogP contribution in [0.3, 0.4) is 0 Å². The molecule has 5 heteroatoms. The summed E-state index contributed by atoms with van der Waals surface area (Å²) in [5, 5.41) is 1.06. The summed E-state index contributed by atoms with van der Waals surface area (Å²) in [7, 11) is 0. The van der Waals surface area contributed by atoms with E-state index in [9.17, 15) is 4.79 Å². The lowest BCUT2D eigenvalue weighted by Crippen LogP contribution is -2.36. The largest absolute Gasteiger partial charge is 0.336 e. The molecule has 0 bridgehead atoms. The average molecular weight is 345 g/mol. The molecule has 22 heavy (non-hydrogen) atoms. The Morgan fingerprint density at radius 3 is 2.41 bits per heavy atom. The van der Waals surface area contributed by atoms with Crippen molar-refractivity contribution >= 4 is 29.1 Å². The lowest BCUT2D eigenvalue weighted by atomic mass is 10.1. The zero-order valence-electron chi connectivity index (χ0n) is 13.4. The zero-order valence-corrected chi connectivity index (χ0v) is 15.0. The summed E-state index contributed by atoms with van der Waals surface area (Å²) < 4.78 is 0. The molecule has 2 N–H and O–H groups in total. The quantitative estimate of drug-likeness (QED) is 0.663. The van der Waals surface area contributed by atoms with Gasteiger partial charge >= 0.3 is 0 Å². The number of nitrogens with two attached hydrogens (primary N) is 1. The second-order valence-corrected chi connectivity index (χ2v) is 6.63. The fraction of sp³-hybridized carbons (Fsp3) is 0.588. The Kier molecular flexibility index (Phi) is 8.84. The van der Waals surface area contributed by atoms with E-state index in [4.69, 9.17) is 28.9 Å². The fourth-order valence-corrected chi connectivity index (χ4v) is 2.63. The third-order valence-electron chi connectivity index (χ3n) is 3.63. The maximum atomic E-state index is 12.4. The van der Waals surface area contributed by atoms with Crippen LogP contribution in [0, 0.1) is 0 Å². The molecular weight excluding hydrogens is 319 g/mol. The Morgan fingerprint density at radius 2 is 1.82 bits per heavy atom. The van der Waals surface area contributed by atoms with Crippen LogP contribution in [0.2, 0.25) is 10.0 Å². The van der Waals surface area contributed by atoms with Crippen molar-refractivity contribution < 1.29 is 4.79 Å². The van der Waals surface area contributed by atoms with Gasteiger partial charge in [-0.05, 0) is 50.9 Å². The van der Waals surface area contributed by atoms with E-state index in [1.807, 2.05) is 30.9 Å². The van der Waals surface area contributed by atoms with Gasteiger partial charge in [-0.25, -0.2) is 0 Å². The smallest absolute Gasteiger partial charge is 0.223 e. The van der Waals surface area contributed by atoms with E-state index in [1.54, 1.807) is 6.07 Å². The predicted molar refractivity (Wildman–Crippen MR) is 94.3 cm³/mol. The minimum absolute atomic E-state index is 0.158. The number of unbranched alkanes of at least 4 members (excludes halogenated alkanes) is 3. The number of benzene rings is 1. The molecular formula is C17H26Cl2N2O. The predicted octanol–water partition coefficient (Wildman–Crippen LogP) is 4.64. The first-order valence-corrected chi connectivity index (χ1v) is 8.64. The van der Waals surface area contributed by atoms with Crippen molar-refractivity contribution in [3.05, 3.63) is 33.8 Å². The highest BCUT2D eigenvalue weighted by atomic mass is 35.5. The number of amides is 1. The van der Waals surface area contributed by atoms with Crippen LogP contribution in [0.4, 0.5) is 0 Å². The van der Waals surface area contributed by atoms with Crippen molar-refractivity contribution in [2.75, 3.05) is 6.54 Å². The Bertz CT molecular complexity index is 478. The van der Waals surface area contributed by atoms with E-state index >= 15 is 0 Å². The highest BCUT2D eigenvalue weighted by Gasteiger charge is 2.17. The van der Waals surface area contributed by atoms with E-state index in [2.05, 4.69) is 0 Å². The third kappa shape index (κ3) is 6.55. The first-order valence-electron chi connectivity index (χ1n) is 7.89. The lowest BCUT2D eigenvalue weighted by molar-refractivity contribution is -0.133. The average Bonchev–Trinajstić information content (AvgIpc) is 2.47. The molecule has 0 saturated carbocycles. The number of rotatable bonds is 9. The molecule has 0 radical (unpaired) electrons. The standard InChI is InChI=1S/C17H26Cl2N2O/c1-13(2)21(17(22)7-5-3-4-6-10-20)12-14-8-9-15(18)16(19)11-14/h8-9,11,13H,3-7,10,12,20H2,1-2H3. The van der Waals surface area contributed by atoms with Gasteiger partial charge in [0.1, 0.15) is 0 Å². The summed E-state index contributed by atoms with van der Waals surface area (Å²) in [6.07, 6.45) is 4.69. The van der Waals surface area contributed by atoms with Crippen LogP contribution in [0.25, 0.3) is 0 Å². The monoisotopic (exact) mass is 344 g/mol. The normalized spacial score (nSPS) is 11.0. The molecule has 0 saturated heterocycles.